The molecular weight excluding hydrogens is 254 g/mol. The zero-order valence-corrected chi connectivity index (χ0v) is 9.32. The summed E-state index contributed by atoms with van der Waals surface area (Å²) in [6, 6.07) is 8.22. The Morgan fingerprint density at radius 3 is 2.58 bits per heavy atom. The molecule has 0 bridgehead atoms. The number of aromatic nitrogens is 1. The van der Waals surface area contributed by atoms with Gasteiger partial charge in [0.15, 0.2) is 0 Å². The second-order valence-electron chi connectivity index (χ2n) is 2.19. The third kappa shape index (κ3) is 1.94. The van der Waals surface area contributed by atoms with E-state index < -0.39 is 0 Å². The molecule has 2 rings (SSSR count). The standard InChI is InChI=1S/C8H6BrNS2/c9-7-3-4-8(11-7)12-10-5-1-2-6-10/h1-6H. The fourth-order valence-electron chi connectivity index (χ4n) is 0.830. The van der Waals surface area contributed by atoms with Gasteiger partial charge in [-0.25, -0.2) is 0 Å². The van der Waals surface area contributed by atoms with Gasteiger partial charge in [0.2, 0.25) is 0 Å². The number of halogens is 1. The molecule has 4 heteroatoms. The van der Waals surface area contributed by atoms with E-state index in [0.717, 1.165) is 0 Å². The first-order valence-electron chi connectivity index (χ1n) is 3.41. The largest absolute Gasteiger partial charge is 0.294 e. The molecule has 62 valence electrons. The second-order valence-corrected chi connectivity index (χ2v) is 5.96. The van der Waals surface area contributed by atoms with Crippen LogP contribution in [-0.2, 0) is 0 Å². The molecule has 2 heterocycles. The SMILES string of the molecule is Brc1ccc(Sn2cccc2)s1. The number of hydrogen-bond donors (Lipinski definition) is 0. The Morgan fingerprint density at radius 1 is 1.25 bits per heavy atom. The predicted molar refractivity (Wildman–Crippen MR) is 57.7 cm³/mol. The summed E-state index contributed by atoms with van der Waals surface area (Å²) in [6.45, 7) is 0. The van der Waals surface area contributed by atoms with Gasteiger partial charge < -0.3 is 0 Å². The maximum atomic E-state index is 3.43. The first kappa shape index (κ1) is 8.41. The average Bonchev–Trinajstić information content (AvgIpc) is 2.63. The van der Waals surface area contributed by atoms with E-state index in [1.807, 2.05) is 24.5 Å². The van der Waals surface area contributed by atoms with Crippen molar-refractivity contribution >= 4 is 39.2 Å². The van der Waals surface area contributed by atoms with E-state index in [1.54, 1.807) is 23.3 Å². The Labute approximate surface area is 87.7 Å². The van der Waals surface area contributed by atoms with Gasteiger partial charge in [0.25, 0.3) is 0 Å². The quantitative estimate of drug-likeness (QED) is 0.793. The summed E-state index contributed by atoms with van der Waals surface area (Å²) >= 11 is 6.90. The number of rotatable bonds is 2. The molecule has 0 aliphatic heterocycles. The molecule has 0 fully saturated rings. The van der Waals surface area contributed by atoms with Crippen LogP contribution in [0.1, 0.15) is 0 Å². The van der Waals surface area contributed by atoms with Crippen LogP contribution >= 0.6 is 39.2 Å². The minimum Gasteiger partial charge on any atom is -0.294 e. The third-order valence-electron chi connectivity index (χ3n) is 1.32. The van der Waals surface area contributed by atoms with Gasteiger partial charge in [0, 0.05) is 24.3 Å². The first-order chi connectivity index (χ1) is 5.84. The molecule has 12 heavy (non-hydrogen) atoms. The van der Waals surface area contributed by atoms with Gasteiger partial charge in [-0.05, 0) is 40.2 Å². The molecule has 1 nitrogen and oxygen atoms in total. The van der Waals surface area contributed by atoms with Crippen molar-refractivity contribution in [1.29, 1.82) is 0 Å². The van der Waals surface area contributed by atoms with Gasteiger partial charge in [-0.3, -0.25) is 3.97 Å². The topological polar surface area (TPSA) is 4.93 Å². The fourth-order valence-corrected chi connectivity index (χ4v) is 3.55. The smallest absolute Gasteiger partial charge is 0.0825 e. The minimum absolute atomic E-state index is 1.18. The molecular formula is C8H6BrNS2. The lowest BCUT2D eigenvalue weighted by Gasteiger charge is -1.95. The Hall–Kier alpha value is -0.190. The molecule has 0 unspecified atom stereocenters. The highest BCUT2D eigenvalue weighted by Crippen LogP contribution is 2.31. The molecule has 0 N–H and O–H groups in total. The van der Waals surface area contributed by atoms with Crippen molar-refractivity contribution in [3.8, 4) is 0 Å². The lowest BCUT2D eigenvalue weighted by atomic mass is 10.7. The zero-order chi connectivity index (χ0) is 8.39. The van der Waals surface area contributed by atoms with Crippen LogP contribution in [0.15, 0.2) is 44.7 Å². The predicted octanol–water partition coefficient (Wildman–Crippen LogP) is 3.87. The van der Waals surface area contributed by atoms with Gasteiger partial charge >= 0.3 is 0 Å². The Balaban J connectivity index is 2.14. The van der Waals surface area contributed by atoms with Crippen molar-refractivity contribution < 1.29 is 0 Å². The van der Waals surface area contributed by atoms with Crippen LogP contribution in [0.2, 0.25) is 0 Å². The van der Waals surface area contributed by atoms with Crippen LogP contribution in [0.25, 0.3) is 0 Å². The van der Waals surface area contributed by atoms with E-state index in [-0.39, 0.29) is 0 Å². The Morgan fingerprint density at radius 2 is 2.00 bits per heavy atom. The Kier molecular flexibility index (Phi) is 2.58. The van der Waals surface area contributed by atoms with Crippen molar-refractivity contribution in [2.45, 2.75) is 4.21 Å². The molecule has 0 spiro atoms. The normalized spacial score (nSPS) is 10.4. The van der Waals surface area contributed by atoms with E-state index in [9.17, 15) is 0 Å². The highest BCUT2D eigenvalue weighted by Gasteiger charge is 1.98. The molecule has 2 aromatic heterocycles. The highest BCUT2D eigenvalue weighted by atomic mass is 79.9. The molecule has 0 saturated carbocycles. The van der Waals surface area contributed by atoms with Crippen LogP contribution in [0.3, 0.4) is 0 Å². The maximum absolute atomic E-state index is 3.43. The number of thiophene rings is 1. The first-order valence-corrected chi connectivity index (χ1v) is 5.79. The molecule has 0 aliphatic carbocycles. The molecule has 0 aromatic carbocycles. The van der Waals surface area contributed by atoms with Gasteiger partial charge in [0.1, 0.15) is 0 Å². The van der Waals surface area contributed by atoms with Gasteiger partial charge in [0.05, 0.1) is 8.00 Å². The Bertz CT molecular complexity index is 353. The van der Waals surface area contributed by atoms with Crippen molar-refractivity contribution in [2.75, 3.05) is 0 Å². The number of nitrogens with zero attached hydrogens (tertiary/aromatic N) is 1. The van der Waals surface area contributed by atoms with E-state index >= 15 is 0 Å². The van der Waals surface area contributed by atoms with E-state index in [0.29, 0.717) is 0 Å². The van der Waals surface area contributed by atoms with Gasteiger partial charge in [-0.2, -0.15) is 0 Å². The third-order valence-corrected chi connectivity index (χ3v) is 3.98. The summed E-state index contributed by atoms with van der Waals surface area (Å²) < 4.78 is 4.55. The summed E-state index contributed by atoms with van der Waals surface area (Å²) in [5, 5.41) is 0. The van der Waals surface area contributed by atoms with Crippen LogP contribution < -0.4 is 0 Å². The van der Waals surface area contributed by atoms with Crippen molar-refractivity contribution in [3.05, 3.63) is 40.4 Å². The van der Waals surface area contributed by atoms with E-state index in [4.69, 9.17) is 0 Å². The molecule has 0 amide bonds. The molecule has 2 aromatic rings. The minimum atomic E-state index is 1.18. The zero-order valence-electron chi connectivity index (χ0n) is 6.11. The van der Waals surface area contributed by atoms with Crippen LogP contribution in [0, 0.1) is 0 Å². The molecule has 0 atom stereocenters. The van der Waals surface area contributed by atoms with E-state index in [1.165, 1.54) is 8.00 Å². The molecule has 0 radical (unpaired) electrons. The lowest BCUT2D eigenvalue weighted by Crippen LogP contribution is -1.75. The van der Waals surface area contributed by atoms with E-state index in [2.05, 4.69) is 32.0 Å². The summed E-state index contributed by atoms with van der Waals surface area (Å²) in [5.41, 5.74) is 0. The summed E-state index contributed by atoms with van der Waals surface area (Å²) in [4.78, 5) is 0. The molecule has 0 aliphatic rings. The second kappa shape index (κ2) is 3.68. The summed E-state index contributed by atoms with van der Waals surface area (Å²) in [7, 11) is 0. The van der Waals surface area contributed by atoms with Crippen LogP contribution in [0.5, 0.6) is 0 Å². The maximum Gasteiger partial charge on any atom is 0.0825 e. The lowest BCUT2D eigenvalue weighted by molar-refractivity contribution is 1.28. The van der Waals surface area contributed by atoms with Crippen molar-refractivity contribution in [3.63, 3.8) is 0 Å². The fraction of sp³-hybridized carbons (Fsp3) is 0. The van der Waals surface area contributed by atoms with Gasteiger partial charge in [-0.15, -0.1) is 11.3 Å². The van der Waals surface area contributed by atoms with Gasteiger partial charge in [-0.1, -0.05) is 0 Å². The summed E-state index contributed by atoms with van der Waals surface area (Å²) in [6.07, 6.45) is 4.08. The van der Waals surface area contributed by atoms with Crippen LogP contribution in [0.4, 0.5) is 0 Å². The average molecular weight is 260 g/mol. The number of hydrogen-bond acceptors (Lipinski definition) is 2. The van der Waals surface area contributed by atoms with Crippen molar-refractivity contribution in [2.24, 2.45) is 0 Å². The molecule has 0 saturated heterocycles. The monoisotopic (exact) mass is 259 g/mol. The van der Waals surface area contributed by atoms with Crippen LogP contribution in [-0.4, -0.2) is 3.97 Å². The van der Waals surface area contributed by atoms with Crippen molar-refractivity contribution in [1.82, 2.24) is 3.97 Å². The highest BCUT2D eigenvalue weighted by molar-refractivity contribution is 9.11. The summed E-state index contributed by atoms with van der Waals surface area (Å²) in [5.74, 6) is 0.